The van der Waals surface area contributed by atoms with E-state index in [1.165, 1.54) is 0 Å². The van der Waals surface area contributed by atoms with Gasteiger partial charge in [-0.1, -0.05) is 18.5 Å². The lowest BCUT2D eigenvalue weighted by Gasteiger charge is -2.39. The van der Waals surface area contributed by atoms with Gasteiger partial charge in [-0.2, -0.15) is 0 Å². The minimum Gasteiger partial charge on any atom is -0.339 e. The smallest absolute Gasteiger partial charge is 0.253 e. The van der Waals surface area contributed by atoms with Crippen molar-refractivity contribution in [1.82, 2.24) is 15.1 Å². The molecule has 24 heavy (non-hydrogen) atoms. The van der Waals surface area contributed by atoms with Gasteiger partial charge < -0.3 is 15.1 Å². The van der Waals surface area contributed by atoms with Crippen LogP contribution in [-0.4, -0.2) is 60.9 Å². The van der Waals surface area contributed by atoms with Gasteiger partial charge in [0.15, 0.2) is 0 Å². The summed E-state index contributed by atoms with van der Waals surface area (Å²) in [6.45, 7) is 6.28. The lowest BCUT2D eigenvalue weighted by Crippen LogP contribution is -2.55. The molecule has 0 spiro atoms. The molecule has 7 heteroatoms. The predicted octanol–water partition coefficient (Wildman–Crippen LogP) is 1.90. The van der Waals surface area contributed by atoms with Crippen LogP contribution in [0.3, 0.4) is 0 Å². The average Bonchev–Trinajstić information content (AvgIpc) is 2.53. The van der Waals surface area contributed by atoms with Crippen LogP contribution in [0.15, 0.2) is 24.3 Å². The number of hydrogen-bond acceptors (Lipinski definition) is 3. The predicted molar refractivity (Wildman–Crippen MR) is 96.7 cm³/mol. The second kappa shape index (κ2) is 8.19. The molecule has 1 aromatic carbocycles. The number of nitrogens with one attached hydrogen (secondary N) is 1. The highest BCUT2D eigenvalue weighted by Crippen LogP contribution is 2.20. The van der Waals surface area contributed by atoms with E-state index in [4.69, 9.17) is 11.6 Å². The van der Waals surface area contributed by atoms with E-state index in [1.807, 2.05) is 16.7 Å². The van der Waals surface area contributed by atoms with Gasteiger partial charge in [0.1, 0.15) is 0 Å². The second-order valence-corrected chi connectivity index (χ2v) is 6.77. The fourth-order valence-corrected chi connectivity index (χ4v) is 3.19. The van der Waals surface area contributed by atoms with Crippen LogP contribution in [-0.2, 0) is 4.79 Å². The van der Waals surface area contributed by atoms with E-state index in [-0.39, 0.29) is 30.1 Å². The Morgan fingerprint density at radius 2 is 1.62 bits per heavy atom. The highest BCUT2D eigenvalue weighted by atomic mass is 35.5. The molecule has 5 nitrogen and oxygen atoms in total. The zero-order valence-electron chi connectivity index (χ0n) is 13.7. The fraction of sp³-hybridized carbons (Fsp3) is 0.529. The van der Waals surface area contributed by atoms with E-state index in [2.05, 4.69) is 5.32 Å². The number of amides is 2. The fourth-order valence-electron chi connectivity index (χ4n) is 3.06. The first-order chi connectivity index (χ1) is 11.1. The molecule has 1 unspecified atom stereocenters. The van der Waals surface area contributed by atoms with Crippen molar-refractivity contribution in [3.63, 3.8) is 0 Å². The Bertz CT molecular complexity index is 582. The van der Waals surface area contributed by atoms with Crippen LogP contribution in [0.4, 0.5) is 0 Å². The van der Waals surface area contributed by atoms with E-state index in [0.717, 1.165) is 13.1 Å². The number of halogens is 2. The molecular weight excluding hydrogens is 349 g/mol. The number of hydrogen-bond donors (Lipinski definition) is 1. The summed E-state index contributed by atoms with van der Waals surface area (Å²) in [6, 6.07) is 6.94. The van der Waals surface area contributed by atoms with Gasteiger partial charge in [-0.25, -0.2) is 0 Å². The summed E-state index contributed by atoms with van der Waals surface area (Å²) in [4.78, 5) is 28.7. The van der Waals surface area contributed by atoms with Crippen LogP contribution < -0.4 is 5.32 Å². The second-order valence-electron chi connectivity index (χ2n) is 6.33. The van der Waals surface area contributed by atoms with Crippen LogP contribution in [0, 0.1) is 11.8 Å². The minimum atomic E-state index is 0. The molecule has 3 rings (SSSR count). The lowest BCUT2D eigenvalue weighted by molar-refractivity contribution is -0.138. The molecule has 0 saturated carbocycles. The number of rotatable bonds is 3. The first-order valence-electron chi connectivity index (χ1n) is 8.10. The van der Waals surface area contributed by atoms with Crippen molar-refractivity contribution in [3.8, 4) is 0 Å². The number of nitrogens with zero attached hydrogens (tertiary/aromatic N) is 2. The monoisotopic (exact) mass is 371 g/mol. The maximum atomic E-state index is 12.5. The van der Waals surface area contributed by atoms with Gasteiger partial charge in [0.25, 0.3) is 5.91 Å². The van der Waals surface area contributed by atoms with Crippen molar-refractivity contribution in [2.24, 2.45) is 11.8 Å². The summed E-state index contributed by atoms with van der Waals surface area (Å²) in [5.74, 6) is 0.742. The Hall–Kier alpha value is -1.30. The van der Waals surface area contributed by atoms with Crippen LogP contribution in [0.2, 0.25) is 5.02 Å². The Morgan fingerprint density at radius 1 is 1.08 bits per heavy atom. The van der Waals surface area contributed by atoms with Gasteiger partial charge in [-0.3, -0.25) is 9.59 Å². The van der Waals surface area contributed by atoms with Crippen molar-refractivity contribution in [3.05, 3.63) is 34.9 Å². The molecule has 1 atom stereocenters. The van der Waals surface area contributed by atoms with Crippen molar-refractivity contribution in [1.29, 1.82) is 0 Å². The van der Waals surface area contributed by atoms with E-state index in [1.54, 1.807) is 24.3 Å². The molecule has 1 aromatic rings. The van der Waals surface area contributed by atoms with Gasteiger partial charge in [0.2, 0.25) is 5.91 Å². The molecule has 0 bridgehead atoms. The molecule has 2 amide bonds. The first-order valence-corrected chi connectivity index (χ1v) is 8.48. The van der Waals surface area contributed by atoms with Crippen LogP contribution >= 0.6 is 24.0 Å². The molecular formula is C17H23Cl2N3O2. The molecule has 1 N–H and O–H groups in total. The molecule has 2 heterocycles. The summed E-state index contributed by atoms with van der Waals surface area (Å²) in [5, 5.41) is 3.83. The quantitative estimate of drug-likeness (QED) is 0.882. The Morgan fingerprint density at radius 3 is 2.12 bits per heavy atom. The standard InChI is InChI=1S/C17H22ClN3O2.ClH/c1-12(14-10-19-11-14)16(22)20-6-8-21(9-7-20)17(23)13-2-4-15(18)5-3-13;/h2-5,12,14,19H,6-11H2,1H3;1H. The SMILES string of the molecule is CC(C(=O)N1CCN(C(=O)c2ccc(Cl)cc2)CC1)C1CNC1.Cl. The lowest BCUT2D eigenvalue weighted by atomic mass is 9.88. The highest BCUT2D eigenvalue weighted by molar-refractivity contribution is 6.30. The zero-order chi connectivity index (χ0) is 16.4. The van der Waals surface area contributed by atoms with Crippen molar-refractivity contribution in [2.45, 2.75) is 6.92 Å². The van der Waals surface area contributed by atoms with Crippen LogP contribution in [0.1, 0.15) is 17.3 Å². The molecule has 2 saturated heterocycles. The first kappa shape index (κ1) is 19.0. The van der Waals surface area contributed by atoms with Crippen LogP contribution in [0.5, 0.6) is 0 Å². The van der Waals surface area contributed by atoms with Gasteiger partial charge in [0.05, 0.1) is 0 Å². The van der Waals surface area contributed by atoms with Crippen molar-refractivity contribution >= 4 is 35.8 Å². The normalized spacial score (nSPS) is 19.2. The number of piperazine rings is 1. The summed E-state index contributed by atoms with van der Waals surface area (Å²) >= 11 is 5.85. The van der Waals surface area contributed by atoms with Gasteiger partial charge in [-0.05, 0) is 43.3 Å². The molecule has 2 fully saturated rings. The Labute approximate surface area is 153 Å². The molecule has 0 aromatic heterocycles. The van der Waals surface area contributed by atoms with E-state index < -0.39 is 0 Å². The molecule has 132 valence electrons. The highest BCUT2D eigenvalue weighted by Gasteiger charge is 2.33. The van der Waals surface area contributed by atoms with Gasteiger partial charge in [-0.15, -0.1) is 12.4 Å². The Kier molecular flexibility index (Phi) is 6.49. The summed E-state index contributed by atoms with van der Waals surface area (Å²) in [7, 11) is 0. The van der Waals surface area contributed by atoms with Crippen molar-refractivity contribution < 1.29 is 9.59 Å². The summed E-state index contributed by atoms with van der Waals surface area (Å²) in [5.41, 5.74) is 0.642. The zero-order valence-corrected chi connectivity index (χ0v) is 15.3. The molecule has 2 aliphatic rings. The maximum absolute atomic E-state index is 12.5. The topological polar surface area (TPSA) is 52.7 Å². The third-order valence-electron chi connectivity index (χ3n) is 4.88. The average molecular weight is 372 g/mol. The largest absolute Gasteiger partial charge is 0.339 e. The Balaban J connectivity index is 0.00000208. The van der Waals surface area contributed by atoms with E-state index >= 15 is 0 Å². The maximum Gasteiger partial charge on any atom is 0.253 e. The van der Waals surface area contributed by atoms with Crippen molar-refractivity contribution in [2.75, 3.05) is 39.3 Å². The summed E-state index contributed by atoms with van der Waals surface area (Å²) < 4.78 is 0. The third kappa shape index (κ3) is 4.02. The van der Waals surface area contributed by atoms with E-state index in [9.17, 15) is 9.59 Å². The van der Waals surface area contributed by atoms with Crippen LogP contribution in [0.25, 0.3) is 0 Å². The molecule has 0 aliphatic carbocycles. The molecule has 0 radical (unpaired) electrons. The third-order valence-corrected chi connectivity index (χ3v) is 5.13. The number of carbonyl (C=O) groups is 2. The molecule has 2 aliphatic heterocycles. The number of carbonyl (C=O) groups excluding carboxylic acids is 2. The van der Waals surface area contributed by atoms with Gasteiger partial charge in [0, 0.05) is 42.7 Å². The minimum absolute atomic E-state index is 0. The number of benzene rings is 1. The van der Waals surface area contributed by atoms with E-state index in [0.29, 0.717) is 42.7 Å². The summed E-state index contributed by atoms with van der Waals surface area (Å²) in [6.07, 6.45) is 0. The van der Waals surface area contributed by atoms with Gasteiger partial charge >= 0.3 is 0 Å².